The lowest BCUT2D eigenvalue weighted by Gasteiger charge is -2.28. The number of nitrogens with zero attached hydrogens (tertiary/aromatic N) is 3. The minimum Gasteiger partial charge on any atom is -0.497 e. The maximum absolute atomic E-state index is 13.2. The summed E-state index contributed by atoms with van der Waals surface area (Å²) in [4.78, 5) is 17.5. The number of amides is 1. The zero-order chi connectivity index (χ0) is 19.7. The molecule has 2 heterocycles. The van der Waals surface area contributed by atoms with Gasteiger partial charge in [0.15, 0.2) is 0 Å². The van der Waals surface area contributed by atoms with Gasteiger partial charge < -0.3 is 15.4 Å². The zero-order valence-corrected chi connectivity index (χ0v) is 16.9. The summed E-state index contributed by atoms with van der Waals surface area (Å²) in [5.41, 5.74) is 2.92. The molecule has 2 aromatic carbocycles. The molecule has 142 valence electrons. The van der Waals surface area contributed by atoms with E-state index in [0.717, 1.165) is 21.5 Å². The molecule has 8 heteroatoms. The van der Waals surface area contributed by atoms with Crippen LogP contribution in [0, 0.1) is 0 Å². The van der Waals surface area contributed by atoms with Crippen LogP contribution in [0.25, 0.3) is 0 Å². The van der Waals surface area contributed by atoms with Crippen LogP contribution in [0.1, 0.15) is 18.5 Å². The number of rotatable bonds is 4. The summed E-state index contributed by atoms with van der Waals surface area (Å²) in [6.07, 6.45) is 1.48. The fraction of sp³-hybridized carbons (Fsp3) is 0.150. The monoisotopic (exact) mass is 439 g/mol. The predicted octanol–water partition coefficient (Wildman–Crippen LogP) is 3.98. The van der Waals surface area contributed by atoms with Crippen LogP contribution in [0.2, 0.25) is 0 Å². The second-order valence-corrected chi connectivity index (χ2v) is 7.25. The van der Waals surface area contributed by atoms with Crippen molar-refractivity contribution in [2.24, 2.45) is 0 Å². The van der Waals surface area contributed by atoms with E-state index in [1.165, 1.54) is 6.33 Å². The first-order chi connectivity index (χ1) is 13.6. The Labute approximate surface area is 170 Å². The van der Waals surface area contributed by atoms with Crippen LogP contribution in [0.15, 0.2) is 70.6 Å². The SMILES string of the molecule is COc1ccc(NC(=O)C2=C(C)Nc3ncnn3[C@@H]2c2cccc(Br)c2)cc1. The Morgan fingerprint density at radius 3 is 2.75 bits per heavy atom. The number of methoxy groups -OCH3 is 1. The molecule has 1 aliphatic heterocycles. The lowest BCUT2D eigenvalue weighted by atomic mass is 9.95. The summed E-state index contributed by atoms with van der Waals surface area (Å²) in [6.45, 7) is 1.87. The molecule has 1 aliphatic rings. The van der Waals surface area contributed by atoms with Crippen LogP contribution in [-0.2, 0) is 4.79 Å². The molecule has 0 radical (unpaired) electrons. The number of nitrogens with one attached hydrogen (secondary N) is 2. The maximum Gasteiger partial charge on any atom is 0.255 e. The first kappa shape index (κ1) is 18.2. The van der Waals surface area contributed by atoms with E-state index < -0.39 is 6.04 Å². The lowest BCUT2D eigenvalue weighted by molar-refractivity contribution is -0.113. The normalized spacial score (nSPS) is 15.6. The fourth-order valence-corrected chi connectivity index (χ4v) is 3.66. The average Bonchev–Trinajstić information content (AvgIpc) is 3.15. The standard InChI is InChI=1S/C20H18BrN5O2/c1-12-17(19(27)25-15-6-8-16(28-2)9-7-15)18(13-4-3-5-14(21)10-13)26-20(24-12)22-11-23-26/h3-11,18H,1-2H3,(H,25,27)(H,22,23,24)/t18-/m1/s1. The number of halogens is 1. The van der Waals surface area contributed by atoms with E-state index in [1.807, 2.05) is 31.2 Å². The van der Waals surface area contributed by atoms with Gasteiger partial charge in [0.05, 0.1) is 12.7 Å². The van der Waals surface area contributed by atoms with E-state index in [2.05, 4.69) is 36.6 Å². The lowest BCUT2D eigenvalue weighted by Crippen LogP contribution is -2.31. The second kappa shape index (κ2) is 7.47. The first-order valence-electron chi connectivity index (χ1n) is 8.65. The minimum atomic E-state index is -0.394. The van der Waals surface area contributed by atoms with Crippen molar-refractivity contribution in [1.29, 1.82) is 0 Å². The van der Waals surface area contributed by atoms with Gasteiger partial charge in [0, 0.05) is 15.9 Å². The van der Waals surface area contributed by atoms with Gasteiger partial charge in [0.25, 0.3) is 5.91 Å². The van der Waals surface area contributed by atoms with Crippen LogP contribution in [0.4, 0.5) is 11.6 Å². The van der Waals surface area contributed by atoms with E-state index in [4.69, 9.17) is 4.74 Å². The van der Waals surface area contributed by atoms with Gasteiger partial charge in [-0.1, -0.05) is 28.1 Å². The Morgan fingerprint density at radius 1 is 1.25 bits per heavy atom. The third-order valence-corrected chi connectivity index (χ3v) is 5.04. The van der Waals surface area contributed by atoms with Crippen LogP contribution in [0.3, 0.4) is 0 Å². The average molecular weight is 440 g/mol. The van der Waals surface area contributed by atoms with Gasteiger partial charge in [-0.25, -0.2) is 4.68 Å². The summed E-state index contributed by atoms with van der Waals surface area (Å²) in [7, 11) is 1.60. The summed E-state index contributed by atoms with van der Waals surface area (Å²) >= 11 is 3.51. The van der Waals surface area contributed by atoms with Gasteiger partial charge in [-0.3, -0.25) is 4.79 Å². The number of anilines is 2. The number of ether oxygens (including phenoxy) is 1. The van der Waals surface area contributed by atoms with E-state index >= 15 is 0 Å². The van der Waals surface area contributed by atoms with Gasteiger partial charge >= 0.3 is 0 Å². The molecule has 1 atom stereocenters. The van der Waals surface area contributed by atoms with Crippen molar-refractivity contribution >= 4 is 33.5 Å². The van der Waals surface area contributed by atoms with Gasteiger partial charge in [0.1, 0.15) is 18.1 Å². The summed E-state index contributed by atoms with van der Waals surface area (Å²) in [5, 5.41) is 10.5. The molecule has 28 heavy (non-hydrogen) atoms. The van der Waals surface area contributed by atoms with Crippen molar-refractivity contribution in [3.8, 4) is 5.75 Å². The Kier molecular flexibility index (Phi) is 4.87. The molecule has 1 amide bonds. The van der Waals surface area contributed by atoms with Gasteiger partial charge in [0.2, 0.25) is 5.95 Å². The Hall–Kier alpha value is -3.13. The van der Waals surface area contributed by atoms with Crippen LogP contribution in [0.5, 0.6) is 5.75 Å². The number of aromatic nitrogens is 3. The number of hydrogen-bond acceptors (Lipinski definition) is 5. The topological polar surface area (TPSA) is 81.1 Å². The Morgan fingerprint density at radius 2 is 2.04 bits per heavy atom. The summed E-state index contributed by atoms with van der Waals surface area (Å²) < 4.78 is 7.82. The molecule has 0 unspecified atom stereocenters. The van der Waals surface area contributed by atoms with Gasteiger partial charge in [-0.2, -0.15) is 10.1 Å². The van der Waals surface area contributed by atoms with Crippen molar-refractivity contribution in [3.63, 3.8) is 0 Å². The number of carbonyl (C=O) groups excluding carboxylic acids is 1. The van der Waals surface area contributed by atoms with E-state index in [1.54, 1.807) is 36.1 Å². The predicted molar refractivity (Wildman–Crippen MR) is 110 cm³/mol. The van der Waals surface area contributed by atoms with Crippen molar-refractivity contribution in [2.45, 2.75) is 13.0 Å². The van der Waals surface area contributed by atoms with Crippen LogP contribution < -0.4 is 15.4 Å². The molecule has 0 bridgehead atoms. The first-order valence-corrected chi connectivity index (χ1v) is 9.44. The molecule has 4 rings (SSSR count). The minimum absolute atomic E-state index is 0.207. The molecule has 0 saturated carbocycles. The largest absolute Gasteiger partial charge is 0.497 e. The van der Waals surface area contributed by atoms with Crippen molar-refractivity contribution < 1.29 is 9.53 Å². The van der Waals surface area contributed by atoms with Gasteiger partial charge in [-0.05, 0) is 48.9 Å². The molecule has 1 aromatic heterocycles. The zero-order valence-electron chi connectivity index (χ0n) is 15.3. The maximum atomic E-state index is 13.2. The summed E-state index contributed by atoms with van der Waals surface area (Å²) in [6, 6.07) is 14.7. The third kappa shape index (κ3) is 3.38. The number of benzene rings is 2. The van der Waals surface area contributed by atoms with E-state index in [0.29, 0.717) is 17.2 Å². The number of allylic oxidation sites excluding steroid dienone is 1. The quantitative estimate of drug-likeness (QED) is 0.642. The molecular weight excluding hydrogens is 422 g/mol. The molecule has 0 saturated heterocycles. The molecule has 0 fully saturated rings. The highest BCUT2D eigenvalue weighted by molar-refractivity contribution is 9.10. The molecule has 0 aliphatic carbocycles. The molecule has 0 spiro atoms. The van der Waals surface area contributed by atoms with E-state index in [-0.39, 0.29) is 5.91 Å². The molecule has 7 nitrogen and oxygen atoms in total. The molecule has 3 aromatic rings. The molecular formula is C20H18BrN5O2. The van der Waals surface area contributed by atoms with Crippen molar-refractivity contribution in [1.82, 2.24) is 14.8 Å². The fourth-order valence-electron chi connectivity index (χ4n) is 3.24. The second-order valence-electron chi connectivity index (χ2n) is 6.33. The van der Waals surface area contributed by atoms with Crippen molar-refractivity contribution in [3.05, 3.63) is 76.2 Å². The van der Waals surface area contributed by atoms with Crippen LogP contribution >= 0.6 is 15.9 Å². The smallest absolute Gasteiger partial charge is 0.255 e. The number of carbonyl (C=O) groups is 1. The highest BCUT2D eigenvalue weighted by atomic mass is 79.9. The Balaban J connectivity index is 1.72. The third-order valence-electron chi connectivity index (χ3n) is 4.55. The van der Waals surface area contributed by atoms with Crippen LogP contribution in [-0.4, -0.2) is 27.8 Å². The highest BCUT2D eigenvalue weighted by Gasteiger charge is 2.33. The molecule has 2 N–H and O–H groups in total. The van der Waals surface area contributed by atoms with Gasteiger partial charge in [-0.15, -0.1) is 0 Å². The highest BCUT2D eigenvalue weighted by Crippen LogP contribution is 2.36. The number of hydrogen-bond donors (Lipinski definition) is 2. The van der Waals surface area contributed by atoms with Crippen molar-refractivity contribution in [2.75, 3.05) is 17.7 Å². The number of fused-ring (bicyclic) bond motifs is 1. The summed E-state index contributed by atoms with van der Waals surface area (Å²) in [5.74, 6) is 1.12. The van der Waals surface area contributed by atoms with E-state index in [9.17, 15) is 4.79 Å². The Bertz CT molecular complexity index is 1060.